The van der Waals surface area contributed by atoms with E-state index >= 15 is 0 Å². The number of aromatic nitrogens is 2. The van der Waals surface area contributed by atoms with Gasteiger partial charge in [0.2, 0.25) is 0 Å². The monoisotopic (exact) mass is 261 g/mol. The molecular weight excluding hydrogens is 242 g/mol. The summed E-state index contributed by atoms with van der Waals surface area (Å²) in [5.74, 6) is 1.07. The van der Waals surface area contributed by atoms with Crippen LogP contribution in [0.2, 0.25) is 0 Å². The van der Waals surface area contributed by atoms with E-state index in [0.717, 1.165) is 36.7 Å². The van der Waals surface area contributed by atoms with Gasteiger partial charge in [0.1, 0.15) is 5.65 Å². The zero-order valence-corrected chi connectivity index (χ0v) is 11.0. The number of piperidine rings is 1. The molecule has 0 aromatic carbocycles. The predicted octanol–water partition coefficient (Wildman–Crippen LogP) is 1.03. The van der Waals surface area contributed by atoms with Crippen molar-refractivity contribution in [3.63, 3.8) is 0 Å². The Kier molecular flexibility index (Phi) is 3.16. The van der Waals surface area contributed by atoms with E-state index in [2.05, 4.69) is 9.88 Å². The van der Waals surface area contributed by atoms with E-state index in [9.17, 15) is 10.2 Å². The van der Waals surface area contributed by atoms with Crippen molar-refractivity contribution in [3.8, 4) is 0 Å². The van der Waals surface area contributed by atoms with Crippen LogP contribution in [0.5, 0.6) is 0 Å². The molecule has 0 saturated carbocycles. The van der Waals surface area contributed by atoms with E-state index in [1.165, 1.54) is 0 Å². The van der Waals surface area contributed by atoms with Crippen molar-refractivity contribution in [2.24, 2.45) is 5.92 Å². The summed E-state index contributed by atoms with van der Waals surface area (Å²) in [5.41, 5.74) is 1.67. The third-order valence-corrected chi connectivity index (χ3v) is 3.92. The Bertz CT molecular complexity index is 581. The molecule has 2 atom stereocenters. The Balaban J connectivity index is 2.00. The summed E-state index contributed by atoms with van der Waals surface area (Å²) < 4.78 is 1.92. The molecule has 3 rings (SSSR count). The van der Waals surface area contributed by atoms with Gasteiger partial charge in [-0.25, -0.2) is 4.98 Å². The molecule has 19 heavy (non-hydrogen) atoms. The zero-order chi connectivity index (χ0) is 13.4. The molecule has 2 unspecified atom stereocenters. The lowest BCUT2D eigenvalue weighted by molar-refractivity contribution is 0.0968. The lowest BCUT2D eigenvalue weighted by Crippen LogP contribution is -2.42. The molecule has 0 aliphatic carbocycles. The predicted molar refractivity (Wildman–Crippen MR) is 73.1 cm³/mol. The van der Waals surface area contributed by atoms with E-state index in [1.54, 1.807) is 0 Å². The van der Waals surface area contributed by atoms with Crippen LogP contribution in [-0.4, -0.2) is 38.8 Å². The molecule has 1 fully saturated rings. The molecule has 1 aliphatic heterocycles. The van der Waals surface area contributed by atoms with Gasteiger partial charge in [0.15, 0.2) is 5.82 Å². The minimum atomic E-state index is -0.231. The lowest BCUT2D eigenvalue weighted by atomic mass is 9.97. The van der Waals surface area contributed by atoms with E-state index in [-0.39, 0.29) is 18.6 Å². The van der Waals surface area contributed by atoms with Crippen LogP contribution < -0.4 is 4.90 Å². The second-order valence-corrected chi connectivity index (χ2v) is 5.25. The van der Waals surface area contributed by atoms with Crippen molar-refractivity contribution in [2.45, 2.75) is 26.1 Å². The summed E-state index contributed by atoms with van der Waals surface area (Å²) in [5, 5.41) is 19.4. The highest BCUT2D eigenvalue weighted by Gasteiger charge is 2.27. The highest BCUT2D eigenvalue weighted by atomic mass is 16.3. The molecular formula is C14H19N3O2. The Morgan fingerprint density at radius 3 is 3.00 bits per heavy atom. The molecule has 2 N–H and O–H groups in total. The highest BCUT2D eigenvalue weighted by Crippen LogP contribution is 2.26. The van der Waals surface area contributed by atoms with Gasteiger partial charge in [-0.15, -0.1) is 0 Å². The van der Waals surface area contributed by atoms with Crippen molar-refractivity contribution in [1.29, 1.82) is 0 Å². The van der Waals surface area contributed by atoms with Gasteiger partial charge in [-0.1, -0.05) is 13.0 Å². The summed E-state index contributed by atoms with van der Waals surface area (Å²) in [6.07, 6.45) is 2.44. The molecule has 0 amide bonds. The van der Waals surface area contributed by atoms with Crippen LogP contribution in [0.3, 0.4) is 0 Å². The maximum atomic E-state index is 9.81. The van der Waals surface area contributed by atoms with Crippen LogP contribution in [0.25, 0.3) is 5.65 Å². The Morgan fingerprint density at radius 1 is 1.42 bits per heavy atom. The lowest BCUT2D eigenvalue weighted by Gasteiger charge is -2.35. The largest absolute Gasteiger partial charge is 0.393 e. The third kappa shape index (κ3) is 2.09. The van der Waals surface area contributed by atoms with Gasteiger partial charge in [-0.3, -0.25) is 4.40 Å². The minimum absolute atomic E-state index is 0.0338. The number of anilines is 1. The van der Waals surface area contributed by atoms with E-state index < -0.39 is 0 Å². The third-order valence-electron chi connectivity index (χ3n) is 3.92. The van der Waals surface area contributed by atoms with Crippen LogP contribution in [0, 0.1) is 5.92 Å². The standard InChI is InChI=1S/C14H19N3O2/c1-10-8-16(7-5-12(10)19)14-11(9-18)17-6-3-2-4-13(17)15-14/h2-4,6,10,12,18-19H,5,7-9H2,1H3. The second-order valence-electron chi connectivity index (χ2n) is 5.25. The number of aliphatic hydroxyl groups excluding tert-OH is 2. The van der Waals surface area contributed by atoms with Crippen molar-refractivity contribution in [3.05, 3.63) is 30.1 Å². The first kappa shape index (κ1) is 12.4. The number of imidazole rings is 1. The molecule has 2 aromatic rings. The smallest absolute Gasteiger partial charge is 0.153 e. The Hall–Kier alpha value is -1.59. The zero-order valence-electron chi connectivity index (χ0n) is 11.0. The Morgan fingerprint density at radius 2 is 2.26 bits per heavy atom. The SMILES string of the molecule is CC1CN(c2nc3ccccn3c2CO)CCC1O. The molecule has 5 nitrogen and oxygen atoms in total. The van der Waals surface area contributed by atoms with Gasteiger partial charge in [0.25, 0.3) is 0 Å². The number of pyridine rings is 1. The molecule has 102 valence electrons. The van der Waals surface area contributed by atoms with Crippen molar-refractivity contribution >= 4 is 11.5 Å². The average Bonchev–Trinajstić information content (AvgIpc) is 2.80. The van der Waals surface area contributed by atoms with E-state index in [0.29, 0.717) is 0 Å². The molecule has 1 saturated heterocycles. The molecule has 0 spiro atoms. The quantitative estimate of drug-likeness (QED) is 0.848. The number of hydrogen-bond acceptors (Lipinski definition) is 4. The fraction of sp³-hybridized carbons (Fsp3) is 0.500. The van der Waals surface area contributed by atoms with Crippen LogP contribution in [0.15, 0.2) is 24.4 Å². The van der Waals surface area contributed by atoms with Gasteiger partial charge in [0, 0.05) is 19.3 Å². The fourth-order valence-electron chi connectivity index (χ4n) is 2.76. The summed E-state index contributed by atoms with van der Waals surface area (Å²) in [6.45, 7) is 3.57. The Labute approximate surface area is 112 Å². The summed E-state index contributed by atoms with van der Waals surface area (Å²) in [7, 11) is 0. The number of rotatable bonds is 2. The summed E-state index contributed by atoms with van der Waals surface area (Å²) in [6, 6.07) is 5.81. The molecule has 0 radical (unpaired) electrons. The van der Waals surface area contributed by atoms with Crippen LogP contribution in [0.4, 0.5) is 5.82 Å². The number of aliphatic hydroxyl groups is 2. The first-order valence-corrected chi connectivity index (χ1v) is 6.70. The van der Waals surface area contributed by atoms with Gasteiger partial charge >= 0.3 is 0 Å². The minimum Gasteiger partial charge on any atom is -0.393 e. The summed E-state index contributed by atoms with van der Waals surface area (Å²) >= 11 is 0. The van der Waals surface area contributed by atoms with Gasteiger partial charge in [0.05, 0.1) is 18.4 Å². The normalized spacial score (nSPS) is 24.1. The molecule has 0 bridgehead atoms. The van der Waals surface area contributed by atoms with Crippen molar-refractivity contribution in [2.75, 3.05) is 18.0 Å². The molecule has 1 aliphatic rings. The average molecular weight is 261 g/mol. The maximum Gasteiger partial charge on any atom is 0.153 e. The maximum absolute atomic E-state index is 9.81. The fourth-order valence-corrected chi connectivity index (χ4v) is 2.76. The van der Waals surface area contributed by atoms with Gasteiger partial charge in [-0.2, -0.15) is 0 Å². The van der Waals surface area contributed by atoms with E-state index in [4.69, 9.17) is 0 Å². The van der Waals surface area contributed by atoms with Crippen molar-refractivity contribution < 1.29 is 10.2 Å². The topological polar surface area (TPSA) is 61.0 Å². The van der Waals surface area contributed by atoms with Gasteiger partial charge < -0.3 is 15.1 Å². The molecule has 5 heteroatoms. The van der Waals surface area contributed by atoms with Gasteiger partial charge in [-0.05, 0) is 24.5 Å². The van der Waals surface area contributed by atoms with Crippen LogP contribution in [0.1, 0.15) is 19.0 Å². The second kappa shape index (κ2) is 4.83. The first-order valence-electron chi connectivity index (χ1n) is 6.70. The highest BCUT2D eigenvalue weighted by molar-refractivity contribution is 5.56. The van der Waals surface area contributed by atoms with Crippen molar-refractivity contribution in [1.82, 2.24) is 9.38 Å². The molecule has 2 aromatic heterocycles. The first-order chi connectivity index (χ1) is 9.20. The number of fused-ring (bicyclic) bond motifs is 1. The van der Waals surface area contributed by atoms with Crippen LogP contribution >= 0.6 is 0 Å². The van der Waals surface area contributed by atoms with Crippen LogP contribution in [-0.2, 0) is 6.61 Å². The number of nitrogens with zero attached hydrogens (tertiary/aromatic N) is 3. The van der Waals surface area contributed by atoms with E-state index in [1.807, 2.05) is 35.7 Å². The number of hydrogen-bond donors (Lipinski definition) is 2. The molecule has 3 heterocycles. The summed E-state index contributed by atoms with van der Waals surface area (Å²) in [4.78, 5) is 6.78.